The Morgan fingerprint density at radius 2 is 1.96 bits per heavy atom. The molecular formula is C19H26N4O3. The third kappa shape index (κ3) is 6.23. The Labute approximate surface area is 153 Å². The topological polar surface area (TPSA) is 76.5 Å². The van der Waals surface area contributed by atoms with Gasteiger partial charge in [-0.1, -0.05) is 18.2 Å². The van der Waals surface area contributed by atoms with E-state index in [0.29, 0.717) is 25.2 Å². The Morgan fingerprint density at radius 3 is 2.62 bits per heavy atom. The molecule has 0 saturated carbocycles. The lowest BCUT2D eigenvalue weighted by molar-refractivity contribution is -0.116. The van der Waals surface area contributed by atoms with Gasteiger partial charge in [0.2, 0.25) is 5.91 Å². The van der Waals surface area contributed by atoms with E-state index in [1.54, 1.807) is 17.9 Å². The maximum absolute atomic E-state index is 12.2. The second-order valence-electron chi connectivity index (χ2n) is 7.06. The summed E-state index contributed by atoms with van der Waals surface area (Å²) in [5.41, 5.74) is 0.979. The molecule has 0 bridgehead atoms. The van der Waals surface area contributed by atoms with Gasteiger partial charge in [-0.05, 0) is 38.5 Å². The molecule has 1 aromatic heterocycles. The van der Waals surface area contributed by atoms with Gasteiger partial charge in [-0.25, -0.2) is 4.79 Å². The smallest absolute Gasteiger partial charge is 0.410 e. The first-order chi connectivity index (χ1) is 12.2. The molecule has 2 aromatic rings. The van der Waals surface area contributed by atoms with Gasteiger partial charge < -0.3 is 15.0 Å². The Bertz CT molecular complexity index is 735. The van der Waals surface area contributed by atoms with Crippen LogP contribution in [0.3, 0.4) is 0 Å². The number of para-hydroxylation sites is 1. The number of nitrogens with one attached hydrogen (secondary N) is 1. The zero-order chi connectivity index (χ0) is 19.2. The Hall–Kier alpha value is -2.83. The summed E-state index contributed by atoms with van der Waals surface area (Å²) in [6.07, 6.45) is 3.41. The van der Waals surface area contributed by atoms with Crippen LogP contribution in [0.2, 0.25) is 0 Å². The molecule has 1 heterocycles. The summed E-state index contributed by atoms with van der Waals surface area (Å²) in [4.78, 5) is 25.8. The van der Waals surface area contributed by atoms with Crippen molar-refractivity contribution in [2.24, 2.45) is 0 Å². The number of amides is 2. The predicted molar refractivity (Wildman–Crippen MR) is 99.6 cm³/mol. The van der Waals surface area contributed by atoms with Gasteiger partial charge in [-0.2, -0.15) is 5.10 Å². The van der Waals surface area contributed by atoms with Gasteiger partial charge in [-0.3, -0.25) is 9.48 Å². The number of ether oxygens (including phenoxy) is 1. The number of nitrogens with zero attached hydrogens (tertiary/aromatic N) is 3. The highest BCUT2D eigenvalue weighted by Gasteiger charge is 2.20. The fourth-order valence-corrected chi connectivity index (χ4v) is 2.30. The van der Waals surface area contributed by atoms with E-state index in [0.717, 1.165) is 5.56 Å². The highest BCUT2D eigenvalue weighted by Crippen LogP contribution is 2.18. The summed E-state index contributed by atoms with van der Waals surface area (Å²) in [6.45, 7) is 6.33. The quantitative estimate of drug-likeness (QED) is 0.860. The molecule has 2 amide bonds. The summed E-state index contributed by atoms with van der Waals surface area (Å²) < 4.78 is 7.07. The fraction of sp³-hybridized carbons (Fsp3) is 0.421. The summed E-state index contributed by atoms with van der Waals surface area (Å²) in [6, 6.07) is 9.24. The van der Waals surface area contributed by atoms with Crippen LogP contribution in [0.5, 0.6) is 0 Å². The SMILES string of the molecule is CN(Cc1ccccc1NC(=O)CCn1cccn1)C(=O)OC(C)(C)C. The predicted octanol–water partition coefficient (Wildman–Crippen LogP) is 3.28. The van der Waals surface area contributed by atoms with Crippen LogP contribution < -0.4 is 5.32 Å². The van der Waals surface area contributed by atoms with Gasteiger partial charge >= 0.3 is 6.09 Å². The number of rotatable bonds is 6. The van der Waals surface area contributed by atoms with E-state index in [1.165, 1.54) is 4.90 Å². The van der Waals surface area contributed by atoms with Crippen LogP contribution in [0.15, 0.2) is 42.7 Å². The van der Waals surface area contributed by atoms with E-state index in [1.807, 2.05) is 57.3 Å². The molecule has 1 aromatic carbocycles. The Kier molecular flexibility index (Phi) is 6.38. The second kappa shape index (κ2) is 8.51. The van der Waals surface area contributed by atoms with Crippen LogP contribution >= 0.6 is 0 Å². The molecular weight excluding hydrogens is 332 g/mol. The number of carbonyl (C=O) groups excluding carboxylic acids is 2. The van der Waals surface area contributed by atoms with Gasteiger partial charge in [0, 0.05) is 38.1 Å². The molecule has 0 spiro atoms. The summed E-state index contributed by atoms with van der Waals surface area (Å²) in [5.74, 6) is -0.104. The summed E-state index contributed by atoms with van der Waals surface area (Å²) in [5, 5.41) is 6.99. The lowest BCUT2D eigenvalue weighted by Crippen LogP contribution is -2.34. The number of benzene rings is 1. The van der Waals surface area contributed by atoms with Gasteiger partial charge in [-0.15, -0.1) is 0 Å². The Morgan fingerprint density at radius 1 is 1.23 bits per heavy atom. The maximum atomic E-state index is 12.2. The summed E-state index contributed by atoms with van der Waals surface area (Å²) in [7, 11) is 1.67. The van der Waals surface area contributed by atoms with Crippen LogP contribution in [-0.2, 0) is 22.6 Å². The van der Waals surface area contributed by atoms with Crippen LogP contribution in [0.1, 0.15) is 32.8 Å². The molecule has 1 N–H and O–H groups in total. The molecule has 0 fully saturated rings. The summed E-state index contributed by atoms with van der Waals surface area (Å²) >= 11 is 0. The number of hydrogen-bond donors (Lipinski definition) is 1. The van der Waals surface area contributed by atoms with E-state index in [-0.39, 0.29) is 5.91 Å². The first-order valence-electron chi connectivity index (χ1n) is 8.54. The van der Waals surface area contributed by atoms with Crippen molar-refractivity contribution in [3.05, 3.63) is 48.3 Å². The van der Waals surface area contributed by atoms with Crippen LogP contribution in [-0.4, -0.2) is 39.3 Å². The molecule has 0 radical (unpaired) electrons. The average molecular weight is 358 g/mol. The zero-order valence-corrected chi connectivity index (χ0v) is 15.7. The maximum Gasteiger partial charge on any atom is 0.410 e. The van der Waals surface area contributed by atoms with Crippen LogP contribution in [0, 0.1) is 0 Å². The van der Waals surface area contributed by atoms with Crippen molar-refractivity contribution in [2.45, 2.75) is 45.9 Å². The zero-order valence-electron chi connectivity index (χ0n) is 15.7. The molecule has 0 unspecified atom stereocenters. The number of hydrogen-bond acceptors (Lipinski definition) is 4. The van der Waals surface area contributed by atoms with Crippen molar-refractivity contribution in [1.82, 2.24) is 14.7 Å². The fourth-order valence-electron chi connectivity index (χ4n) is 2.30. The van der Waals surface area contributed by atoms with Crippen LogP contribution in [0.4, 0.5) is 10.5 Å². The number of carbonyl (C=O) groups is 2. The minimum absolute atomic E-state index is 0.104. The second-order valence-corrected chi connectivity index (χ2v) is 7.06. The van der Waals surface area contributed by atoms with Crippen molar-refractivity contribution in [3.63, 3.8) is 0 Å². The largest absolute Gasteiger partial charge is 0.444 e. The van der Waals surface area contributed by atoms with E-state index in [9.17, 15) is 9.59 Å². The average Bonchev–Trinajstić information content (AvgIpc) is 3.06. The highest BCUT2D eigenvalue weighted by molar-refractivity contribution is 5.91. The Balaban J connectivity index is 1.96. The normalized spacial score (nSPS) is 11.1. The van der Waals surface area contributed by atoms with Crippen molar-refractivity contribution in [2.75, 3.05) is 12.4 Å². The molecule has 7 heteroatoms. The third-order valence-corrected chi connectivity index (χ3v) is 3.53. The molecule has 0 aliphatic carbocycles. The lowest BCUT2D eigenvalue weighted by atomic mass is 10.1. The van der Waals surface area contributed by atoms with E-state index < -0.39 is 11.7 Å². The number of aromatic nitrogens is 2. The highest BCUT2D eigenvalue weighted by atomic mass is 16.6. The molecule has 26 heavy (non-hydrogen) atoms. The standard InChI is InChI=1S/C19H26N4O3/c1-19(2,3)26-18(25)22(4)14-15-8-5-6-9-16(15)21-17(24)10-13-23-12-7-11-20-23/h5-9,11-12H,10,13-14H2,1-4H3,(H,21,24). The van der Waals surface area contributed by atoms with E-state index >= 15 is 0 Å². The minimum atomic E-state index is -0.550. The molecule has 0 atom stereocenters. The van der Waals surface area contributed by atoms with Gasteiger partial charge in [0.1, 0.15) is 5.60 Å². The number of anilines is 1. The van der Waals surface area contributed by atoms with Crippen molar-refractivity contribution >= 4 is 17.7 Å². The van der Waals surface area contributed by atoms with Crippen molar-refractivity contribution < 1.29 is 14.3 Å². The van der Waals surface area contributed by atoms with E-state index in [2.05, 4.69) is 10.4 Å². The first-order valence-corrected chi connectivity index (χ1v) is 8.54. The minimum Gasteiger partial charge on any atom is -0.444 e. The molecule has 0 aliphatic rings. The first kappa shape index (κ1) is 19.5. The lowest BCUT2D eigenvalue weighted by Gasteiger charge is -2.25. The molecule has 0 saturated heterocycles. The monoisotopic (exact) mass is 358 g/mol. The van der Waals surface area contributed by atoms with Crippen molar-refractivity contribution in [3.8, 4) is 0 Å². The molecule has 0 aliphatic heterocycles. The van der Waals surface area contributed by atoms with Crippen LogP contribution in [0.25, 0.3) is 0 Å². The molecule has 7 nitrogen and oxygen atoms in total. The van der Waals surface area contributed by atoms with Gasteiger partial charge in [0.15, 0.2) is 0 Å². The van der Waals surface area contributed by atoms with E-state index in [4.69, 9.17) is 4.74 Å². The molecule has 140 valence electrons. The van der Waals surface area contributed by atoms with Crippen molar-refractivity contribution in [1.29, 1.82) is 0 Å². The van der Waals surface area contributed by atoms with Gasteiger partial charge in [0.05, 0.1) is 6.54 Å². The molecule has 2 rings (SSSR count). The third-order valence-electron chi connectivity index (χ3n) is 3.53. The number of aryl methyl sites for hydroxylation is 1. The van der Waals surface area contributed by atoms with Gasteiger partial charge in [0.25, 0.3) is 0 Å².